The second-order valence-electron chi connectivity index (χ2n) is 7.99. The van der Waals surface area contributed by atoms with Crippen molar-refractivity contribution in [3.8, 4) is 0 Å². The van der Waals surface area contributed by atoms with Gasteiger partial charge >= 0.3 is 0 Å². The number of piperidine rings is 1. The summed E-state index contributed by atoms with van der Waals surface area (Å²) in [5.74, 6) is 0.286. The predicted octanol–water partition coefficient (Wildman–Crippen LogP) is 5.93. The summed E-state index contributed by atoms with van der Waals surface area (Å²) in [5.41, 5.74) is 3.91. The van der Waals surface area contributed by atoms with Crippen LogP contribution in [0.5, 0.6) is 0 Å². The summed E-state index contributed by atoms with van der Waals surface area (Å²) in [6.45, 7) is 2.34. The van der Waals surface area contributed by atoms with Gasteiger partial charge in [-0.25, -0.2) is 4.98 Å². The fourth-order valence-corrected chi connectivity index (χ4v) is 7.23. The van der Waals surface area contributed by atoms with Crippen LogP contribution >= 0.6 is 34.7 Å². The zero-order valence-electron chi connectivity index (χ0n) is 15.9. The number of benzene rings is 2. The van der Waals surface area contributed by atoms with Crippen LogP contribution in [0.2, 0.25) is 5.02 Å². The summed E-state index contributed by atoms with van der Waals surface area (Å²) in [4.78, 5) is 20.1. The van der Waals surface area contributed by atoms with Gasteiger partial charge in [0.15, 0.2) is 4.34 Å². The van der Waals surface area contributed by atoms with Crippen LogP contribution in [0.3, 0.4) is 0 Å². The lowest BCUT2D eigenvalue weighted by atomic mass is 9.63. The Morgan fingerprint density at radius 3 is 2.96 bits per heavy atom. The SMILES string of the molecule is CN1C(=O)CC[C@]2(C)c3ccc(Sc4nc5ccc(Cl)cc5s4)cc3CC[C@@H]12. The number of nitrogens with zero attached hydrogens (tertiary/aromatic N) is 2. The molecule has 0 radical (unpaired) electrons. The number of fused-ring (bicyclic) bond motifs is 4. The van der Waals surface area contributed by atoms with E-state index in [1.54, 1.807) is 23.1 Å². The third-order valence-corrected chi connectivity index (χ3v) is 8.67. The van der Waals surface area contributed by atoms with Crippen molar-refractivity contribution in [1.82, 2.24) is 9.88 Å². The topological polar surface area (TPSA) is 33.2 Å². The van der Waals surface area contributed by atoms with Gasteiger partial charge in [0.25, 0.3) is 0 Å². The number of halogens is 1. The minimum Gasteiger partial charge on any atom is -0.342 e. The van der Waals surface area contributed by atoms with E-state index < -0.39 is 0 Å². The highest BCUT2D eigenvalue weighted by atomic mass is 35.5. The number of carbonyl (C=O) groups is 1. The molecule has 1 aliphatic carbocycles. The molecule has 2 atom stereocenters. The molecule has 1 amide bonds. The van der Waals surface area contributed by atoms with E-state index in [1.807, 2.05) is 30.1 Å². The molecule has 1 aromatic heterocycles. The third-order valence-electron chi connectivity index (χ3n) is 6.37. The Labute approximate surface area is 178 Å². The minimum absolute atomic E-state index is 0.0616. The van der Waals surface area contributed by atoms with Gasteiger partial charge in [0, 0.05) is 34.8 Å². The van der Waals surface area contributed by atoms with Gasteiger partial charge in [-0.2, -0.15) is 0 Å². The fourth-order valence-electron chi connectivity index (χ4n) is 4.85. The second kappa shape index (κ2) is 6.75. The van der Waals surface area contributed by atoms with Crippen molar-refractivity contribution in [2.45, 2.75) is 53.3 Å². The Morgan fingerprint density at radius 2 is 2.11 bits per heavy atom. The normalized spacial score (nSPS) is 24.3. The monoisotopic (exact) mass is 428 g/mol. The molecule has 0 spiro atoms. The molecule has 28 heavy (non-hydrogen) atoms. The molecule has 2 aliphatic rings. The van der Waals surface area contributed by atoms with Crippen molar-refractivity contribution >= 4 is 50.8 Å². The van der Waals surface area contributed by atoms with Crippen molar-refractivity contribution in [2.75, 3.05) is 7.05 Å². The number of likely N-dealkylation sites (tertiary alicyclic amines) is 1. The van der Waals surface area contributed by atoms with E-state index in [0.717, 1.165) is 38.8 Å². The Kier molecular flexibility index (Phi) is 4.45. The first-order valence-electron chi connectivity index (χ1n) is 9.57. The summed E-state index contributed by atoms with van der Waals surface area (Å²) in [6, 6.07) is 13.0. The first kappa shape index (κ1) is 18.5. The summed E-state index contributed by atoms with van der Waals surface area (Å²) in [5, 5.41) is 0.750. The molecule has 3 nitrogen and oxygen atoms in total. The number of likely N-dealkylation sites (N-methyl/N-ethyl adjacent to an activating group) is 1. The van der Waals surface area contributed by atoms with Crippen LogP contribution in [0, 0.1) is 0 Å². The molecule has 1 saturated heterocycles. The average Bonchev–Trinajstić information content (AvgIpc) is 3.06. The minimum atomic E-state index is 0.0616. The number of carbonyl (C=O) groups excluding carboxylic acids is 1. The van der Waals surface area contributed by atoms with Crippen LogP contribution in [0.15, 0.2) is 45.6 Å². The molecule has 0 bridgehead atoms. The second-order valence-corrected chi connectivity index (χ2v) is 10.8. The molecule has 144 valence electrons. The zero-order chi connectivity index (χ0) is 19.5. The van der Waals surface area contributed by atoms with Gasteiger partial charge in [0.2, 0.25) is 5.91 Å². The largest absolute Gasteiger partial charge is 0.342 e. The highest BCUT2D eigenvalue weighted by Crippen LogP contribution is 2.47. The highest BCUT2D eigenvalue weighted by Gasteiger charge is 2.46. The highest BCUT2D eigenvalue weighted by molar-refractivity contribution is 8.01. The van der Waals surface area contributed by atoms with Crippen LogP contribution in [-0.4, -0.2) is 28.9 Å². The maximum absolute atomic E-state index is 12.2. The van der Waals surface area contributed by atoms with E-state index in [0.29, 0.717) is 12.5 Å². The Balaban J connectivity index is 1.45. The molecular formula is C22H21ClN2OS2. The number of rotatable bonds is 2. The number of aryl methyl sites for hydroxylation is 1. The Bertz CT molecular complexity index is 1100. The summed E-state index contributed by atoms with van der Waals surface area (Å²) in [7, 11) is 1.97. The number of hydrogen-bond donors (Lipinski definition) is 0. The first-order valence-corrected chi connectivity index (χ1v) is 11.6. The number of amides is 1. The van der Waals surface area contributed by atoms with Crippen molar-refractivity contribution in [1.29, 1.82) is 0 Å². The third kappa shape index (κ3) is 2.95. The molecule has 5 rings (SSSR count). The van der Waals surface area contributed by atoms with Gasteiger partial charge in [-0.15, -0.1) is 11.3 Å². The van der Waals surface area contributed by atoms with Crippen LogP contribution in [0.4, 0.5) is 0 Å². The lowest BCUT2D eigenvalue weighted by Gasteiger charge is -2.50. The van der Waals surface area contributed by atoms with Crippen molar-refractivity contribution in [3.63, 3.8) is 0 Å². The van der Waals surface area contributed by atoms with Crippen molar-refractivity contribution in [2.24, 2.45) is 0 Å². The van der Waals surface area contributed by atoms with E-state index >= 15 is 0 Å². The smallest absolute Gasteiger partial charge is 0.222 e. The van der Waals surface area contributed by atoms with Gasteiger partial charge in [-0.1, -0.05) is 36.4 Å². The van der Waals surface area contributed by atoms with Crippen LogP contribution in [0.1, 0.15) is 37.3 Å². The molecule has 3 aromatic rings. The van der Waals surface area contributed by atoms with Crippen molar-refractivity contribution < 1.29 is 4.79 Å². The fraction of sp³-hybridized carbons (Fsp3) is 0.364. The lowest BCUT2D eigenvalue weighted by Crippen LogP contribution is -2.56. The van der Waals surface area contributed by atoms with E-state index in [9.17, 15) is 4.79 Å². The van der Waals surface area contributed by atoms with Crippen molar-refractivity contribution in [3.05, 3.63) is 52.5 Å². The quantitative estimate of drug-likeness (QED) is 0.507. The number of thiazole rings is 1. The molecule has 0 N–H and O–H groups in total. The van der Waals surface area contributed by atoms with E-state index in [2.05, 4.69) is 25.1 Å². The first-order chi connectivity index (χ1) is 13.4. The molecule has 0 saturated carbocycles. The van der Waals surface area contributed by atoms with Crippen LogP contribution in [-0.2, 0) is 16.6 Å². The number of hydrogen-bond acceptors (Lipinski definition) is 4. The maximum Gasteiger partial charge on any atom is 0.222 e. The van der Waals surface area contributed by atoms with Gasteiger partial charge in [-0.05, 0) is 60.7 Å². The molecule has 2 heterocycles. The summed E-state index contributed by atoms with van der Waals surface area (Å²) < 4.78 is 2.17. The lowest BCUT2D eigenvalue weighted by molar-refractivity contribution is -0.138. The van der Waals surface area contributed by atoms with Gasteiger partial charge in [0.05, 0.1) is 10.2 Å². The Hall–Kier alpha value is -1.56. The summed E-state index contributed by atoms with van der Waals surface area (Å²) >= 11 is 9.51. The molecule has 2 aromatic carbocycles. The van der Waals surface area contributed by atoms with Crippen LogP contribution < -0.4 is 0 Å². The van der Waals surface area contributed by atoms with Gasteiger partial charge in [0.1, 0.15) is 0 Å². The molecule has 1 fully saturated rings. The van der Waals surface area contributed by atoms with Crippen LogP contribution in [0.25, 0.3) is 10.2 Å². The van der Waals surface area contributed by atoms with E-state index in [-0.39, 0.29) is 11.3 Å². The zero-order valence-corrected chi connectivity index (χ0v) is 18.3. The van der Waals surface area contributed by atoms with E-state index in [4.69, 9.17) is 16.6 Å². The maximum atomic E-state index is 12.2. The van der Waals surface area contributed by atoms with Gasteiger partial charge < -0.3 is 4.90 Å². The molecule has 6 heteroatoms. The van der Waals surface area contributed by atoms with E-state index in [1.165, 1.54) is 16.0 Å². The molecular weight excluding hydrogens is 408 g/mol. The standard InChI is InChI=1S/C22H21ClN2OS2/c1-22-10-9-20(26)25(2)19(22)8-3-13-11-15(5-6-16(13)22)27-21-24-17-7-4-14(23)12-18(17)28-21/h4-7,11-12,19H,3,8-10H2,1-2H3/t19-,22-/m1/s1. The molecule has 0 unspecified atom stereocenters. The average molecular weight is 429 g/mol. The number of aromatic nitrogens is 1. The molecule has 1 aliphatic heterocycles. The Morgan fingerprint density at radius 1 is 1.25 bits per heavy atom. The summed E-state index contributed by atoms with van der Waals surface area (Å²) in [6.07, 6.45) is 3.66. The van der Waals surface area contributed by atoms with Gasteiger partial charge in [-0.3, -0.25) is 4.79 Å². The predicted molar refractivity (Wildman–Crippen MR) is 117 cm³/mol.